The van der Waals surface area contributed by atoms with E-state index in [1.807, 2.05) is 7.05 Å². The molecule has 2 N–H and O–H groups in total. The van der Waals surface area contributed by atoms with Crippen molar-refractivity contribution in [3.8, 4) is 0 Å². The maximum absolute atomic E-state index is 9.16. The van der Waals surface area contributed by atoms with Crippen LogP contribution < -0.4 is 5.32 Å². The molecular weight excluding hydrogens is 144 g/mol. The van der Waals surface area contributed by atoms with Crippen LogP contribution in [0.4, 0.5) is 0 Å². The van der Waals surface area contributed by atoms with Gasteiger partial charge in [-0.1, -0.05) is 0 Å². The highest BCUT2D eigenvalue weighted by Crippen LogP contribution is 2.06. The maximum atomic E-state index is 9.16. The van der Waals surface area contributed by atoms with E-state index in [0.717, 1.165) is 13.0 Å². The summed E-state index contributed by atoms with van der Waals surface area (Å²) in [5.74, 6) is 0. The third-order valence-electron chi connectivity index (χ3n) is 1.99. The molecule has 11 heavy (non-hydrogen) atoms. The van der Waals surface area contributed by atoms with E-state index in [9.17, 15) is 0 Å². The number of aliphatic hydroxyl groups is 1. The smallest absolute Gasteiger partial charge is 0.0680 e. The summed E-state index contributed by atoms with van der Waals surface area (Å²) in [6, 6.07) is 0.370. The molecule has 66 valence electrons. The van der Waals surface area contributed by atoms with E-state index < -0.39 is 0 Å². The molecule has 0 spiro atoms. The molecule has 0 bridgehead atoms. The number of nitrogens with zero attached hydrogens (tertiary/aromatic N) is 1. The standard InChI is InChI=1S/C7H16N2O2/c1-9(11-2)5-6-3-7(10)4-8-6/h6-8,10H,3-5H2,1-2H3. The molecule has 0 aliphatic carbocycles. The molecule has 0 aromatic rings. The number of β-amino-alcohol motifs (C(OH)–C–C–N with tert-alkyl or cyclic N) is 1. The first-order chi connectivity index (χ1) is 5.22. The van der Waals surface area contributed by atoms with Crippen molar-refractivity contribution in [2.45, 2.75) is 18.6 Å². The van der Waals surface area contributed by atoms with Crippen LogP contribution in [0.3, 0.4) is 0 Å². The lowest BCUT2D eigenvalue weighted by Gasteiger charge is -2.17. The second-order valence-electron chi connectivity index (χ2n) is 2.99. The van der Waals surface area contributed by atoms with E-state index in [1.165, 1.54) is 0 Å². The maximum Gasteiger partial charge on any atom is 0.0680 e. The van der Waals surface area contributed by atoms with Gasteiger partial charge in [0.15, 0.2) is 0 Å². The molecular formula is C7H16N2O2. The van der Waals surface area contributed by atoms with Crippen LogP contribution in [-0.4, -0.2) is 49.6 Å². The van der Waals surface area contributed by atoms with Crippen LogP contribution >= 0.6 is 0 Å². The van der Waals surface area contributed by atoms with E-state index in [2.05, 4.69) is 5.32 Å². The molecule has 1 saturated heterocycles. The van der Waals surface area contributed by atoms with Crippen LogP contribution in [0.15, 0.2) is 0 Å². The monoisotopic (exact) mass is 160 g/mol. The summed E-state index contributed by atoms with van der Waals surface area (Å²) in [6.45, 7) is 1.54. The summed E-state index contributed by atoms with van der Waals surface area (Å²) < 4.78 is 0. The molecule has 0 amide bonds. The van der Waals surface area contributed by atoms with Crippen molar-refractivity contribution in [1.29, 1.82) is 0 Å². The molecule has 1 aliphatic rings. The highest BCUT2D eigenvalue weighted by molar-refractivity contribution is 4.81. The van der Waals surface area contributed by atoms with E-state index in [1.54, 1.807) is 12.2 Å². The number of hydrogen-bond acceptors (Lipinski definition) is 4. The van der Waals surface area contributed by atoms with Crippen LogP contribution in [0.25, 0.3) is 0 Å². The lowest BCUT2D eigenvalue weighted by Crippen LogP contribution is -2.34. The fourth-order valence-corrected chi connectivity index (χ4v) is 1.32. The first-order valence-electron chi connectivity index (χ1n) is 3.89. The Bertz CT molecular complexity index is 121. The van der Waals surface area contributed by atoms with Gasteiger partial charge in [-0.05, 0) is 6.42 Å². The summed E-state index contributed by atoms with van der Waals surface area (Å²) in [5, 5.41) is 14.1. The number of aliphatic hydroxyl groups excluding tert-OH is 1. The predicted molar refractivity (Wildman–Crippen MR) is 42.1 cm³/mol. The molecule has 1 aliphatic heterocycles. The van der Waals surface area contributed by atoms with Crippen molar-refractivity contribution in [2.75, 3.05) is 27.2 Å². The zero-order chi connectivity index (χ0) is 8.27. The molecule has 4 nitrogen and oxygen atoms in total. The molecule has 1 heterocycles. The van der Waals surface area contributed by atoms with Gasteiger partial charge in [-0.15, -0.1) is 0 Å². The molecule has 0 aromatic carbocycles. The van der Waals surface area contributed by atoms with Gasteiger partial charge >= 0.3 is 0 Å². The Morgan fingerprint density at radius 3 is 2.91 bits per heavy atom. The average molecular weight is 160 g/mol. The zero-order valence-electron chi connectivity index (χ0n) is 7.08. The third-order valence-corrected chi connectivity index (χ3v) is 1.99. The topological polar surface area (TPSA) is 44.7 Å². The second kappa shape index (κ2) is 4.01. The zero-order valence-corrected chi connectivity index (χ0v) is 7.08. The summed E-state index contributed by atoms with van der Waals surface area (Å²) in [5.41, 5.74) is 0. The SMILES string of the molecule is CON(C)CC1CC(O)CN1. The largest absolute Gasteiger partial charge is 0.392 e. The average Bonchev–Trinajstić information content (AvgIpc) is 2.35. The van der Waals surface area contributed by atoms with Crippen molar-refractivity contribution < 1.29 is 9.94 Å². The second-order valence-corrected chi connectivity index (χ2v) is 2.99. The summed E-state index contributed by atoms with van der Waals surface area (Å²) in [6.07, 6.45) is 0.651. The van der Waals surface area contributed by atoms with Crippen molar-refractivity contribution in [3.63, 3.8) is 0 Å². The van der Waals surface area contributed by atoms with Gasteiger partial charge in [-0.3, -0.25) is 0 Å². The van der Waals surface area contributed by atoms with Crippen molar-refractivity contribution in [1.82, 2.24) is 10.4 Å². The minimum absolute atomic E-state index is 0.176. The lowest BCUT2D eigenvalue weighted by molar-refractivity contribution is -0.113. The molecule has 4 heteroatoms. The Balaban J connectivity index is 2.17. The van der Waals surface area contributed by atoms with E-state index in [0.29, 0.717) is 12.6 Å². The van der Waals surface area contributed by atoms with Gasteiger partial charge in [-0.2, -0.15) is 5.06 Å². The Labute approximate surface area is 67.1 Å². The predicted octanol–water partition coefficient (Wildman–Crippen LogP) is -0.798. The molecule has 0 aromatic heterocycles. The first-order valence-corrected chi connectivity index (χ1v) is 3.89. The van der Waals surface area contributed by atoms with Gasteiger partial charge in [0, 0.05) is 26.2 Å². The van der Waals surface area contributed by atoms with Gasteiger partial charge < -0.3 is 15.3 Å². The molecule has 1 rings (SSSR count). The van der Waals surface area contributed by atoms with Gasteiger partial charge in [0.05, 0.1) is 13.2 Å². The molecule has 2 unspecified atom stereocenters. The van der Waals surface area contributed by atoms with Gasteiger partial charge in [-0.25, -0.2) is 0 Å². The third kappa shape index (κ3) is 2.75. The fourth-order valence-electron chi connectivity index (χ4n) is 1.32. The van der Waals surface area contributed by atoms with Gasteiger partial charge in [0.1, 0.15) is 0 Å². The highest BCUT2D eigenvalue weighted by Gasteiger charge is 2.22. The minimum Gasteiger partial charge on any atom is -0.392 e. The molecule has 0 radical (unpaired) electrons. The Morgan fingerprint density at radius 2 is 2.45 bits per heavy atom. The van der Waals surface area contributed by atoms with Crippen LogP contribution in [0.2, 0.25) is 0 Å². The number of rotatable bonds is 3. The summed E-state index contributed by atoms with van der Waals surface area (Å²) in [7, 11) is 3.53. The van der Waals surface area contributed by atoms with Crippen molar-refractivity contribution >= 4 is 0 Å². The van der Waals surface area contributed by atoms with E-state index >= 15 is 0 Å². The number of likely N-dealkylation sites (N-methyl/N-ethyl adjacent to an activating group) is 1. The molecule has 1 fully saturated rings. The number of hydroxylamine groups is 2. The quantitative estimate of drug-likeness (QED) is 0.531. The van der Waals surface area contributed by atoms with Crippen LogP contribution in [0.1, 0.15) is 6.42 Å². The molecule has 2 atom stereocenters. The highest BCUT2D eigenvalue weighted by atomic mass is 16.7. The van der Waals surface area contributed by atoms with E-state index in [4.69, 9.17) is 9.94 Å². The summed E-state index contributed by atoms with van der Waals surface area (Å²) in [4.78, 5) is 4.96. The van der Waals surface area contributed by atoms with Crippen molar-refractivity contribution in [3.05, 3.63) is 0 Å². The Hall–Kier alpha value is -0.160. The van der Waals surface area contributed by atoms with Crippen LogP contribution in [-0.2, 0) is 4.84 Å². The lowest BCUT2D eigenvalue weighted by atomic mass is 10.2. The minimum atomic E-state index is -0.176. The van der Waals surface area contributed by atoms with E-state index in [-0.39, 0.29) is 6.10 Å². The Morgan fingerprint density at radius 1 is 1.73 bits per heavy atom. The van der Waals surface area contributed by atoms with Crippen LogP contribution in [0.5, 0.6) is 0 Å². The van der Waals surface area contributed by atoms with Gasteiger partial charge in [0.25, 0.3) is 0 Å². The van der Waals surface area contributed by atoms with Gasteiger partial charge in [0.2, 0.25) is 0 Å². The van der Waals surface area contributed by atoms with Crippen molar-refractivity contribution in [2.24, 2.45) is 0 Å². The summed E-state index contributed by atoms with van der Waals surface area (Å²) >= 11 is 0. The van der Waals surface area contributed by atoms with Crippen LogP contribution in [0, 0.1) is 0 Å². The number of nitrogens with one attached hydrogen (secondary N) is 1. The molecule has 0 saturated carbocycles. The fraction of sp³-hybridized carbons (Fsp3) is 1.00. The number of hydrogen-bond donors (Lipinski definition) is 2. The normalized spacial score (nSPS) is 31.6. The first kappa shape index (κ1) is 8.93. The Kier molecular flexibility index (Phi) is 3.26.